The molecule has 0 radical (unpaired) electrons. The van der Waals surface area contributed by atoms with Crippen molar-refractivity contribution in [1.82, 2.24) is 14.3 Å². The first-order chi connectivity index (χ1) is 9.99. The molecule has 0 bridgehead atoms. The summed E-state index contributed by atoms with van der Waals surface area (Å²) >= 11 is 3.47. The summed E-state index contributed by atoms with van der Waals surface area (Å²) in [5, 5.41) is 0. The number of hydrogen-bond acceptors (Lipinski definition) is 2. The minimum absolute atomic E-state index is 0.0952. The van der Waals surface area contributed by atoms with E-state index in [4.69, 9.17) is 0 Å². The third-order valence-corrected chi connectivity index (χ3v) is 4.86. The van der Waals surface area contributed by atoms with Gasteiger partial charge in [-0.05, 0) is 68.1 Å². The summed E-state index contributed by atoms with van der Waals surface area (Å²) in [6.07, 6.45) is 5.27. The zero-order valence-electron chi connectivity index (χ0n) is 12.6. The Balaban J connectivity index is 2.08. The molecular weight excluding hydrogens is 330 g/mol. The highest BCUT2D eigenvalue weighted by atomic mass is 79.9. The number of carbonyl (C=O) groups is 1. The average Bonchev–Trinajstić information content (AvgIpc) is 2.73. The van der Waals surface area contributed by atoms with Crippen LogP contribution in [0.4, 0.5) is 0 Å². The maximum Gasteiger partial charge on any atom is 0.273 e. The van der Waals surface area contributed by atoms with Gasteiger partial charge in [0.1, 0.15) is 11.3 Å². The molecule has 1 saturated heterocycles. The van der Waals surface area contributed by atoms with Crippen molar-refractivity contribution < 1.29 is 4.79 Å². The van der Waals surface area contributed by atoms with Crippen LogP contribution in [0.2, 0.25) is 0 Å². The molecule has 0 N–H and O–H groups in total. The van der Waals surface area contributed by atoms with Gasteiger partial charge in [0.25, 0.3) is 5.91 Å². The topological polar surface area (TPSA) is 37.6 Å². The number of rotatable bonds is 1. The highest BCUT2D eigenvalue weighted by Crippen LogP contribution is 2.26. The molecule has 21 heavy (non-hydrogen) atoms. The Bertz CT molecular complexity index is 684. The maximum absolute atomic E-state index is 13.1. The molecule has 2 unspecified atom stereocenters. The van der Waals surface area contributed by atoms with Gasteiger partial charge in [-0.3, -0.25) is 9.20 Å². The summed E-state index contributed by atoms with van der Waals surface area (Å²) < 4.78 is 2.84. The second-order valence-electron chi connectivity index (χ2n) is 5.96. The molecule has 0 aromatic carbocycles. The predicted octanol–water partition coefficient (Wildman–Crippen LogP) is 3.81. The van der Waals surface area contributed by atoms with E-state index in [2.05, 4.69) is 34.8 Å². The van der Waals surface area contributed by atoms with Gasteiger partial charge in [-0.15, -0.1) is 0 Å². The van der Waals surface area contributed by atoms with Crippen LogP contribution < -0.4 is 0 Å². The molecule has 3 heterocycles. The second kappa shape index (κ2) is 5.44. The van der Waals surface area contributed by atoms with Gasteiger partial charge in [0.15, 0.2) is 0 Å². The van der Waals surface area contributed by atoms with Gasteiger partial charge in [-0.1, -0.05) is 0 Å². The molecular formula is C16H20BrN3O. The van der Waals surface area contributed by atoms with E-state index in [0.29, 0.717) is 17.8 Å². The van der Waals surface area contributed by atoms with Crippen molar-refractivity contribution in [1.29, 1.82) is 0 Å². The lowest BCUT2D eigenvalue weighted by Gasteiger charge is -2.39. The van der Waals surface area contributed by atoms with Crippen LogP contribution in [0.15, 0.2) is 22.8 Å². The van der Waals surface area contributed by atoms with Gasteiger partial charge in [0.05, 0.1) is 5.69 Å². The van der Waals surface area contributed by atoms with Gasteiger partial charge in [-0.25, -0.2) is 4.98 Å². The largest absolute Gasteiger partial charge is 0.332 e. The minimum Gasteiger partial charge on any atom is -0.332 e. The fourth-order valence-electron chi connectivity index (χ4n) is 3.34. The van der Waals surface area contributed by atoms with Crippen LogP contribution in [0.25, 0.3) is 5.65 Å². The number of nitrogens with zero attached hydrogens (tertiary/aromatic N) is 3. The van der Waals surface area contributed by atoms with Crippen LogP contribution in [0, 0.1) is 6.92 Å². The van der Waals surface area contributed by atoms with Gasteiger partial charge in [0.2, 0.25) is 0 Å². The van der Waals surface area contributed by atoms with E-state index in [-0.39, 0.29) is 5.91 Å². The lowest BCUT2D eigenvalue weighted by atomic mass is 9.97. The fourth-order valence-corrected chi connectivity index (χ4v) is 3.67. The Hall–Kier alpha value is -1.36. The lowest BCUT2D eigenvalue weighted by molar-refractivity contribution is 0.0502. The molecule has 2 atom stereocenters. The van der Waals surface area contributed by atoms with E-state index in [1.807, 2.05) is 34.6 Å². The number of hydrogen-bond donors (Lipinski definition) is 0. The molecule has 1 amide bonds. The molecule has 0 spiro atoms. The minimum atomic E-state index is 0.0952. The molecule has 112 valence electrons. The molecule has 0 aliphatic carbocycles. The number of carbonyl (C=O) groups excluding carboxylic acids is 1. The Labute approximate surface area is 133 Å². The number of fused-ring (bicyclic) bond motifs is 1. The molecule has 4 nitrogen and oxygen atoms in total. The first-order valence-electron chi connectivity index (χ1n) is 7.46. The number of amides is 1. The number of piperidine rings is 1. The molecule has 1 aliphatic heterocycles. The number of likely N-dealkylation sites (tertiary alicyclic amines) is 1. The Kier molecular flexibility index (Phi) is 3.78. The molecule has 1 fully saturated rings. The summed E-state index contributed by atoms with van der Waals surface area (Å²) in [6.45, 7) is 6.19. The standard InChI is InChI=1S/C16H20BrN3O/c1-10-5-4-6-11(2)20(10)16(21)15-12(3)18-14-8-7-13(17)9-19(14)15/h7-11H,4-6H2,1-3H3. The van der Waals surface area contributed by atoms with Crippen molar-refractivity contribution >= 4 is 27.5 Å². The zero-order valence-corrected chi connectivity index (χ0v) is 14.2. The maximum atomic E-state index is 13.1. The summed E-state index contributed by atoms with van der Waals surface area (Å²) in [4.78, 5) is 19.6. The first kappa shape index (κ1) is 14.6. The predicted molar refractivity (Wildman–Crippen MR) is 86.6 cm³/mol. The number of halogens is 1. The smallest absolute Gasteiger partial charge is 0.273 e. The number of aromatic nitrogens is 2. The molecule has 1 aliphatic rings. The highest BCUT2D eigenvalue weighted by molar-refractivity contribution is 9.10. The van der Waals surface area contributed by atoms with Gasteiger partial charge in [0, 0.05) is 22.8 Å². The van der Waals surface area contributed by atoms with E-state index < -0.39 is 0 Å². The third kappa shape index (κ3) is 2.48. The second-order valence-corrected chi connectivity index (χ2v) is 6.88. The normalized spacial score (nSPS) is 22.8. The van der Waals surface area contributed by atoms with E-state index in [0.717, 1.165) is 28.7 Å². The monoisotopic (exact) mass is 349 g/mol. The van der Waals surface area contributed by atoms with E-state index in [1.54, 1.807) is 0 Å². The Morgan fingerprint density at radius 1 is 1.29 bits per heavy atom. The van der Waals surface area contributed by atoms with E-state index >= 15 is 0 Å². The van der Waals surface area contributed by atoms with Gasteiger partial charge < -0.3 is 4.90 Å². The van der Waals surface area contributed by atoms with Crippen molar-refractivity contribution in [2.45, 2.75) is 52.1 Å². The van der Waals surface area contributed by atoms with Crippen molar-refractivity contribution in [3.63, 3.8) is 0 Å². The number of imidazole rings is 1. The summed E-state index contributed by atoms with van der Waals surface area (Å²) in [5.41, 5.74) is 2.30. The molecule has 2 aromatic heterocycles. The van der Waals surface area contributed by atoms with Crippen molar-refractivity contribution in [3.8, 4) is 0 Å². The van der Waals surface area contributed by atoms with Crippen LogP contribution in [0.3, 0.4) is 0 Å². The molecule has 3 rings (SSSR count). The third-order valence-electron chi connectivity index (χ3n) is 4.39. The van der Waals surface area contributed by atoms with Crippen LogP contribution in [-0.2, 0) is 0 Å². The number of pyridine rings is 1. The average molecular weight is 350 g/mol. The summed E-state index contributed by atoms with van der Waals surface area (Å²) in [7, 11) is 0. The Morgan fingerprint density at radius 2 is 1.95 bits per heavy atom. The SMILES string of the molecule is Cc1nc2ccc(Br)cn2c1C(=O)N1C(C)CCCC1C. The van der Waals surface area contributed by atoms with Crippen molar-refractivity contribution in [3.05, 3.63) is 34.2 Å². The molecule has 2 aromatic rings. The molecule has 5 heteroatoms. The van der Waals surface area contributed by atoms with Crippen molar-refractivity contribution in [2.24, 2.45) is 0 Å². The fraction of sp³-hybridized carbons (Fsp3) is 0.500. The lowest BCUT2D eigenvalue weighted by Crippen LogP contribution is -2.48. The Morgan fingerprint density at radius 3 is 2.62 bits per heavy atom. The first-order valence-corrected chi connectivity index (χ1v) is 8.25. The zero-order chi connectivity index (χ0) is 15.1. The van der Waals surface area contributed by atoms with Crippen LogP contribution >= 0.6 is 15.9 Å². The van der Waals surface area contributed by atoms with Gasteiger partial charge >= 0.3 is 0 Å². The summed E-state index contributed by atoms with van der Waals surface area (Å²) in [6, 6.07) is 4.45. The van der Waals surface area contributed by atoms with E-state index in [1.165, 1.54) is 6.42 Å². The van der Waals surface area contributed by atoms with Crippen LogP contribution in [0.5, 0.6) is 0 Å². The van der Waals surface area contributed by atoms with Gasteiger partial charge in [-0.2, -0.15) is 0 Å². The van der Waals surface area contributed by atoms with Crippen LogP contribution in [-0.4, -0.2) is 32.3 Å². The highest BCUT2D eigenvalue weighted by Gasteiger charge is 2.32. The quantitative estimate of drug-likeness (QED) is 0.784. The van der Waals surface area contributed by atoms with Crippen LogP contribution in [0.1, 0.15) is 49.3 Å². The molecule has 0 saturated carbocycles. The van der Waals surface area contributed by atoms with E-state index in [9.17, 15) is 4.79 Å². The summed E-state index contributed by atoms with van der Waals surface area (Å²) in [5.74, 6) is 0.0952. The number of aryl methyl sites for hydroxylation is 1. The van der Waals surface area contributed by atoms with Crippen molar-refractivity contribution in [2.75, 3.05) is 0 Å².